The van der Waals surface area contributed by atoms with E-state index in [0.717, 1.165) is 16.5 Å². The van der Waals surface area contributed by atoms with E-state index in [1.165, 1.54) is 23.9 Å². The summed E-state index contributed by atoms with van der Waals surface area (Å²) in [5.74, 6) is -1.12. The van der Waals surface area contributed by atoms with Crippen molar-refractivity contribution in [1.29, 1.82) is 0 Å². The lowest BCUT2D eigenvalue weighted by molar-refractivity contribution is 0.565. The predicted octanol–water partition coefficient (Wildman–Crippen LogP) is 3.57. The Morgan fingerprint density at radius 2 is 1.76 bits per heavy atom. The lowest BCUT2D eigenvalue weighted by Gasteiger charge is -2.07. The molecule has 0 saturated heterocycles. The summed E-state index contributed by atoms with van der Waals surface area (Å²) < 4.78 is 26.2. The Kier molecular flexibility index (Phi) is 3.76. The van der Waals surface area contributed by atoms with E-state index in [4.69, 9.17) is 5.73 Å². The number of hydrogen-bond acceptors (Lipinski definition) is 2. The van der Waals surface area contributed by atoms with E-state index in [2.05, 4.69) is 0 Å². The van der Waals surface area contributed by atoms with E-state index in [9.17, 15) is 8.78 Å². The summed E-state index contributed by atoms with van der Waals surface area (Å²) in [6, 6.07) is 11.1. The molecule has 0 unspecified atom stereocenters. The van der Waals surface area contributed by atoms with Crippen LogP contribution in [0.3, 0.4) is 0 Å². The van der Waals surface area contributed by atoms with Gasteiger partial charge in [-0.15, -0.1) is 0 Å². The van der Waals surface area contributed by atoms with Crippen molar-refractivity contribution < 1.29 is 8.78 Å². The molecule has 2 aromatic carbocycles. The summed E-state index contributed by atoms with van der Waals surface area (Å²) in [5, 5.41) is 0. The standard InChI is InChI=1S/C13H11F2NS/c14-10-5-6-13(11(15)7-10)17-12-4-2-1-3-9(12)8-16/h1-7H,8,16H2. The van der Waals surface area contributed by atoms with Gasteiger partial charge in [0, 0.05) is 22.4 Å². The highest BCUT2D eigenvalue weighted by Gasteiger charge is 2.07. The fourth-order valence-corrected chi connectivity index (χ4v) is 2.41. The van der Waals surface area contributed by atoms with Gasteiger partial charge in [0.2, 0.25) is 0 Å². The zero-order valence-electron chi connectivity index (χ0n) is 8.99. The summed E-state index contributed by atoms with van der Waals surface area (Å²) in [6.07, 6.45) is 0. The Morgan fingerprint density at radius 3 is 2.47 bits per heavy atom. The van der Waals surface area contributed by atoms with Crippen molar-refractivity contribution in [2.75, 3.05) is 0 Å². The Hall–Kier alpha value is -1.39. The number of halogens is 2. The molecule has 88 valence electrons. The molecule has 0 atom stereocenters. The molecule has 0 aliphatic carbocycles. The first-order valence-electron chi connectivity index (χ1n) is 5.11. The van der Waals surface area contributed by atoms with E-state index in [1.807, 2.05) is 24.3 Å². The van der Waals surface area contributed by atoms with Crippen LogP contribution in [0.25, 0.3) is 0 Å². The largest absolute Gasteiger partial charge is 0.326 e. The lowest BCUT2D eigenvalue weighted by Crippen LogP contribution is -1.97. The van der Waals surface area contributed by atoms with E-state index >= 15 is 0 Å². The fourth-order valence-electron chi connectivity index (χ4n) is 1.45. The topological polar surface area (TPSA) is 26.0 Å². The Labute approximate surface area is 103 Å². The van der Waals surface area contributed by atoms with Crippen LogP contribution in [0, 0.1) is 11.6 Å². The van der Waals surface area contributed by atoms with Gasteiger partial charge in [-0.05, 0) is 23.8 Å². The highest BCUT2D eigenvalue weighted by atomic mass is 32.2. The minimum atomic E-state index is -0.570. The maximum atomic E-state index is 13.5. The molecule has 0 bridgehead atoms. The first-order chi connectivity index (χ1) is 8.20. The molecule has 0 amide bonds. The second-order valence-corrected chi connectivity index (χ2v) is 4.57. The average molecular weight is 251 g/mol. The van der Waals surface area contributed by atoms with Crippen molar-refractivity contribution in [2.45, 2.75) is 16.3 Å². The summed E-state index contributed by atoms with van der Waals surface area (Å²) in [7, 11) is 0. The van der Waals surface area contributed by atoms with Crippen LogP contribution < -0.4 is 5.73 Å². The second kappa shape index (κ2) is 5.29. The third kappa shape index (κ3) is 2.84. The van der Waals surface area contributed by atoms with Crippen LogP contribution in [-0.2, 0) is 6.54 Å². The molecule has 0 saturated carbocycles. The monoisotopic (exact) mass is 251 g/mol. The maximum absolute atomic E-state index is 13.5. The number of hydrogen-bond donors (Lipinski definition) is 1. The first kappa shape index (κ1) is 12.1. The van der Waals surface area contributed by atoms with Crippen LogP contribution in [-0.4, -0.2) is 0 Å². The van der Waals surface area contributed by atoms with Gasteiger partial charge in [0.15, 0.2) is 0 Å². The van der Waals surface area contributed by atoms with Gasteiger partial charge >= 0.3 is 0 Å². The van der Waals surface area contributed by atoms with Crippen LogP contribution in [0.5, 0.6) is 0 Å². The fraction of sp³-hybridized carbons (Fsp3) is 0.0769. The van der Waals surface area contributed by atoms with Gasteiger partial charge in [0.05, 0.1) is 0 Å². The van der Waals surface area contributed by atoms with Gasteiger partial charge < -0.3 is 5.73 Å². The smallest absolute Gasteiger partial charge is 0.140 e. The molecule has 0 fully saturated rings. The molecule has 1 nitrogen and oxygen atoms in total. The SMILES string of the molecule is NCc1ccccc1Sc1ccc(F)cc1F. The third-order valence-electron chi connectivity index (χ3n) is 2.31. The van der Waals surface area contributed by atoms with E-state index in [-0.39, 0.29) is 0 Å². The molecule has 2 aromatic rings. The quantitative estimate of drug-likeness (QED) is 0.902. The van der Waals surface area contributed by atoms with Crippen LogP contribution in [0.15, 0.2) is 52.3 Å². The van der Waals surface area contributed by atoms with Gasteiger partial charge in [-0.3, -0.25) is 0 Å². The van der Waals surface area contributed by atoms with Gasteiger partial charge in [-0.2, -0.15) is 0 Å². The minimum Gasteiger partial charge on any atom is -0.326 e. The number of nitrogens with two attached hydrogens (primary N) is 1. The van der Waals surface area contributed by atoms with Crippen molar-refractivity contribution in [3.63, 3.8) is 0 Å². The Balaban J connectivity index is 2.31. The maximum Gasteiger partial charge on any atom is 0.140 e. The van der Waals surface area contributed by atoms with Gasteiger partial charge in [0.25, 0.3) is 0 Å². The zero-order valence-corrected chi connectivity index (χ0v) is 9.81. The van der Waals surface area contributed by atoms with E-state index in [0.29, 0.717) is 11.4 Å². The van der Waals surface area contributed by atoms with Crippen LogP contribution >= 0.6 is 11.8 Å². The van der Waals surface area contributed by atoms with Crippen LogP contribution in [0.1, 0.15) is 5.56 Å². The first-order valence-corrected chi connectivity index (χ1v) is 5.93. The molecule has 0 aliphatic rings. The lowest BCUT2D eigenvalue weighted by atomic mass is 10.2. The molecule has 2 rings (SSSR count). The molecule has 0 heterocycles. The highest BCUT2D eigenvalue weighted by Crippen LogP contribution is 2.32. The molecule has 2 N–H and O–H groups in total. The summed E-state index contributed by atoms with van der Waals surface area (Å²) in [4.78, 5) is 1.29. The average Bonchev–Trinajstić information content (AvgIpc) is 2.33. The molecular weight excluding hydrogens is 240 g/mol. The zero-order chi connectivity index (χ0) is 12.3. The van der Waals surface area contributed by atoms with Crippen molar-refractivity contribution in [3.8, 4) is 0 Å². The minimum absolute atomic E-state index is 0.395. The number of benzene rings is 2. The molecular formula is C13H11F2NS. The van der Waals surface area contributed by atoms with Crippen molar-refractivity contribution in [1.82, 2.24) is 0 Å². The number of rotatable bonds is 3. The molecule has 0 radical (unpaired) electrons. The van der Waals surface area contributed by atoms with Crippen molar-refractivity contribution in [3.05, 3.63) is 59.7 Å². The summed E-state index contributed by atoms with van der Waals surface area (Å²) in [6.45, 7) is 0.395. The molecule has 17 heavy (non-hydrogen) atoms. The van der Waals surface area contributed by atoms with Gasteiger partial charge in [0.1, 0.15) is 11.6 Å². The normalized spacial score (nSPS) is 10.5. The third-order valence-corrected chi connectivity index (χ3v) is 3.48. The van der Waals surface area contributed by atoms with E-state index in [1.54, 1.807) is 0 Å². The van der Waals surface area contributed by atoms with Crippen LogP contribution in [0.2, 0.25) is 0 Å². The van der Waals surface area contributed by atoms with Gasteiger partial charge in [-0.1, -0.05) is 30.0 Å². The Bertz CT molecular complexity index is 529. The van der Waals surface area contributed by atoms with Crippen molar-refractivity contribution in [2.24, 2.45) is 5.73 Å². The molecule has 4 heteroatoms. The second-order valence-electron chi connectivity index (χ2n) is 3.49. The molecule has 0 aliphatic heterocycles. The molecule has 0 spiro atoms. The molecule has 0 aromatic heterocycles. The van der Waals surface area contributed by atoms with Crippen molar-refractivity contribution >= 4 is 11.8 Å². The predicted molar refractivity (Wildman–Crippen MR) is 64.8 cm³/mol. The Morgan fingerprint density at radius 1 is 1.00 bits per heavy atom. The van der Waals surface area contributed by atoms with E-state index < -0.39 is 11.6 Å². The van der Waals surface area contributed by atoms with Crippen LogP contribution in [0.4, 0.5) is 8.78 Å². The summed E-state index contributed by atoms with van der Waals surface area (Å²) >= 11 is 1.25. The van der Waals surface area contributed by atoms with Gasteiger partial charge in [-0.25, -0.2) is 8.78 Å². The highest BCUT2D eigenvalue weighted by molar-refractivity contribution is 7.99. The summed E-state index contributed by atoms with van der Waals surface area (Å²) in [5.41, 5.74) is 6.54.